The number of unbranched alkanes of at least 4 members (excludes halogenated alkanes) is 3. The van der Waals surface area contributed by atoms with Gasteiger partial charge in [-0.05, 0) is 216 Å². The molecule has 8 aromatic carbocycles. The van der Waals surface area contributed by atoms with Crippen molar-refractivity contribution in [3.63, 3.8) is 0 Å². The molecule has 1 aliphatic rings. The number of hydrogen-bond donors (Lipinski definition) is 1. The summed E-state index contributed by atoms with van der Waals surface area (Å²) in [6, 6.07) is 103. The summed E-state index contributed by atoms with van der Waals surface area (Å²) in [4.78, 5) is 73.2. The second-order valence-electron chi connectivity index (χ2n) is 34.9. The molecule has 18 aromatic rings. The number of hydrogen-bond acceptors (Lipinski definition) is 24. The van der Waals surface area contributed by atoms with Gasteiger partial charge in [-0.2, -0.15) is 0 Å². The zero-order valence-electron chi connectivity index (χ0n) is 83.6. The molecule has 0 atom stereocenters. The average Bonchev–Trinajstić information content (AvgIpc) is 1.58. The number of amides is 2. The van der Waals surface area contributed by atoms with Crippen molar-refractivity contribution < 1.29 is 103 Å². The van der Waals surface area contributed by atoms with E-state index in [0.717, 1.165) is 162 Å². The van der Waals surface area contributed by atoms with E-state index in [2.05, 4.69) is 273 Å². The molecule has 1 saturated heterocycles. The molecule has 31 heteroatoms. The van der Waals surface area contributed by atoms with Crippen LogP contribution in [-0.4, -0.2) is 123 Å². The molecular formula is C117H118Br2N10O13S4Si2. The van der Waals surface area contributed by atoms with Crippen molar-refractivity contribution in [1.82, 2.24) is 35.7 Å². The molecule has 23 nitrogen and oxygen atoms in total. The first-order chi connectivity index (χ1) is 71.6. The van der Waals surface area contributed by atoms with Crippen molar-refractivity contribution in [2.75, 3.05) is 46.2 Å². The van der Waals surface area contributed by atoms with Gasteiger partial charge in [0.2, 0.25) is 0 Å². The van der Waals surface area contributed by atoms with Crippen LogP contribution in [0.25, 0.3) is 173 Å². The molecule has 0 bridgehead atoms. The molecule has 148 heavy (non-hydrogen) atoms. The van der Waals surface area contributed by atoms with E-state index in [-0.39, 0.29) is 53.2 Å². The largest absolute Gasteiger partial charge is 1.00 e. The lowest BCUT2D eigenvalue weighted by Crippen LogP contribution is -3.00. The second kappa shape index (κ2) is 54.0. The zero-order valence-corrected chi connectivity index (χ0v) is 92.0. The summed E-state index contributed by atoms with van der Waals surface area (Å²) in [7, 11) is -5.08. The number of pyridine rings is 4. The third-order valence-corrected chi connectivity index (χ3v) is 36.0. The highest BCUT2D eigenvalue weighted by Crippen LogP contribution is 2.49. The molecule has 2 amide bonds. The summed E-state index contributed by atoms with van der Waals surface area (Å²) >= 11 is 6.71. The quantitative estimate of drug-likeness (QED) is 0.0161. The Balaban J connectivity index is 0.000000194. The molecule has 2 N–H and O–H groups in total. The first-order valence-corrected chi connectivity index (χ1v) is 57.2. The van der Waals surface area contributed by atoms with E-state index < -0.39 is 35.4 Å². The molecule has 0 radical (unpaired) electrons. The maximum absolute atomic E-state index is 12.9. The van der Waals surface area contributed by atoms with Gasteiger partial charge in [0, 0.05) is 172 Å². The summed E-state index contributed by atoms with van der Waals surface area (Å²) in [5.41, 5.74) is 28.5. The number of rotatable bonds is 45. The number of imide groups is 1. The van der Waals surface area contributed by atoms with Gasteiger partial charge < -0.3 is 71.1 Å². The first-order valence-electron chi connectivity index (χ1n) is 50.1. The SMILES string of the molecule is CCO[Si](CCCCC(=O)CCCC[n+]1ccc(-c2nc(-c3ccc(-c4ccc(-c5ccccc5)cc4)s3)c3nonc3c2-c2ccc(-c3ccc(-c4ccccc4)cc3)s2)cc1)(OCC)OCC.CCO[Si](CCCN)(OCC)OCC.O=C(CCCC[n+]1ccc(-c2nc(-c3ccc(-c4ccc(-c5ccccc5)cc4)s3)c3nonc3c2-c2ccc(-c3ccc(-c4ccccc4)cc3)s2)cc1)ON1C(=O)CCC1=O.[Br-].[Br-]. The molecule has 0 saturated carbocycles. The smallest absolute Gasteiger partial charge is 0.500 e. The standard InChI is InChI=1S/C57H57N4O5S2Si.C51H38N5O5S2.C9H23NO3Si.2BrH/c1-4-63-69(64-5-2,65-6-3)40-16-14-22-48(62)21-13-15-37-61-38-35-47(36-39-61)54-53(51-33-31-49(67-51)45-27-23-43(24-28-45)41-17-9-7-10-18-41)56-57(60-66-59-56)55(58-54)52-34-32-50(68-52)46-29-25-44(26-30-46)42-19-11-8-12-20-42;57-44-26-27-45(58)56(44)60-46(59)13-7-8-30-55-31-28-39(29-32-55)48-47(42-24-22-40(62-42)37-18-14-35(15-19-37)33-9-3-1-4-10-33)50-51(54-61-53-50)49(52-48)43-25-23-41(63-43)38-20-16-36(17-21-38)34-11-5-2-6-12-34;1-4-11-14(12-5-2,13-6-3)9-7-8-10;;/h7-12,17-20,23-36,38-39H,4-6,13-16,21-22,37,40H2,1-3H3;1-6,9-12,14-25,28-29,31-32H,7-8,13,26-27,30H2;4-10H2,1-3H3;2*1H/q2*+1;;;/p-2. The van der Waals surface area contributed by atoms with E-state index >= 15 is 0 Å². The van der Waals surface area contributed by atoms with Crippen LogP contribution in [-0.2, 0) is 63.7 Å². The third-order valence-electron chi connectivity index (χ3n) is 25.1. The molecular weight excluding hydrogens is 2100 g/mol. The Morgan fingerprint density at radius 3 is 0.919 bits per heavy atom. The molecule has 10 aromatic heterocycles. The van der Waals surface area contributed by atoms with Gasteiger partial charge in [0.05, 0.1) is 21.1 Å². The van der Waals surface area contributed by atoms with Gasteiger partial charge in [0.1, 0.15) is 41.3 Å². The Bertz CT molecular complexity index is 7290. The van der Waals surface area contributed by atoms with Crippen molar-refractivity contribution in [3.8, 4) is 151 Å². The number of thiophene rings is 4. The van der Waals surface area contributed by atoms with Gasteiger partial charge in [-0.15, -0.1) is 50.4 Å². The number of nitrogens with two attached hydrogens (primary N) is 1. The Morgan fingerprint density at radius 1 is 0.318 bits per heavy atom. The summed E-state index contributed by atoms with van der Waals surface area (Å²) < 4.78 is 50.2. The van der Waals surface area contributed by atoms with Crippen LogP contribution < -0.4 is 48.8 Å². The van der Waals surface area contributed by atoms with Gasteiger partial charge >= 0.3 is 23.6 Å². The molecule has 0 unspecified atom stereocenters. The van der Waals surface area contributed by atoms with Crippen LogP contribution in [0.15, 0.2) is 325 Å². The fraction of sp³-hybridized carbons (Fsp3) is 0.248. The minimum atomic E-state index is -2.68. The first kappa shape index (κ1) is 110. The normalized spacial score (nSPS) is 12.0. The molecule has 1 aliphatic heterocycles. The molecule has 0 spiro atoms. The van der Waals surface area contributed by atoms with E-state index in [1.54, 1.807) is 45.3 Å². The highest BCUT2D eigenvalue weighted by Gasteiger charge is 2.41. The Kier molecular flexibility index (Phi) is 40.0. The van der Waals surface area contributed by atoms with Crippen molar-refractivity contribution in [2.45, 2.75) is 144 Å². The topological polar surface area (TPSA) is 274 Å². The summed E-state index contributed by atoms with van der Waals surface area (Å²) in [6.45, 7) is 17.5. The summed E-state index contributed by atoms with van der Waals surface area (Å²) in [5, 5.41) is 18.6. The van der Waals surface area contributed by atoms with Crippen LogP contribution in [0.2, 0.25) is 12.1 Å². The number of hydroxylamine groups is 2. The van der Waals surface area contributed by atoms with Gasteiger partial charge in [0.15, 0.2) is 35.8 Å². The average molecular weight is 2220 g/mol. The van der Waals surface area contributed by atoms with Crippen LogP contribution in [0.3, 0.4) is 0 Å². The number of fused-ring (bicyclic) bond motifs is 2. The lowest BCUT2D eigenvalue weighted by molar-refractivity contribution is -0.697. The number of nitrogens with zero attached hydrogens (tertiary/aromatic N) is 9. The van der Waals surface area contributed by atoms with E-state index in [0.29, 0.717) is 117 Å². The van der Waals surface area contributed by atoms with E-state index in [9.17, 15) is 19.2 Å². The maximum Gasteiger partial charge on any atom is 0.500 e. The number of halogens is 2. The van der Waals surface area contributed by atoms with Crippen molar-refractivity contribution in [3.05, 3.63) is 316 Å². The summed E-state index contributed by atoms with van der Waals surface area (Å²) in [6.07, 6.45) is 15.1. The van der Waals surface area contributed by atoms with Crippen LogP contribution in [0.4, 0.5) is 0 Å². The zero-order chi connectivity index (χ0) is 101. The lowest BCUT2D eigenvalue weighted by Gasteiger charge is -2.28. The molecule has 19 rings (SSSR count). The van der Waals surface area contributed by atoms with Crippen LogP contribution >= 0.6 is 45.3 Å². The maximum atomic E-state index is 12.9. The molecule has 760 valence electrons. The Hall–Kier alpha value is -12.6. The highest BCUT2D eigenvalue weighted by atomic mass is 79.9. The monoisotopic (exact) mass is 2210 g/mol. The fourth-order valence-corrected chi connectivity index (χ4v) is 27.3. The van der Waals surface area contributed by atoms with Gasteiger partial charge in [-0.1, -0.05) is 218 Å². The van der Waals surface area contributed by atoms with Crippen LogP contribution in [0.5, 0.6) is 0 Å². The van der Waals surface area contributed by atoms with Gasteiger partial charge in [-0.25, -0.2) is 33.2 Å². The highest BCUT2D eigenvalue weighted by molar-refractivity contribution is 7.20. The number of Topliss-reactive ketones (excluding diaryl/α,β-unsaturated/α-hetero) is 1. The predicted octanol–water partition coefficient (Wildman–Crippen LogP) is 21.5. The van der Waals surface area contributed by atoms with Crippen LogP contribution in [0.1, 0.15) is 119 Å². The number of aryl methyl sites for hydroxylation is 2. The van der Waals surface area contributed by atoms with Crippen molar-refractivity contribution >= 4 is 109 Å². The van der Waals surface area contributed by atoms with E-state index in [4.69, 9.17) is 56.4 Å². The number of benzene rings is 8. The Labute approximate surface area is 902 Å². The number of ketones is 1. The molecule has 1 fully saturated rings. The fourth-order valence-electron chi connectivity index (χ4n) is 17.9. The number of carbonyl (C=O) groups excluding carboxylic acids is 4. The minimum Gasteiger partial charge on any atom is -1.00 e. The van der Waals surface area contributed by atoms with Crippen LogP contribution in [0, 0.1) is 0 Å². The number of aromatic nitrogens is 8. The van der Waals surface area contributed by atoms with Crippen molar-refractivity contribution in [1.29, 1.82) is 0 Å². The van der Waals surface area contributed by atoms with Gasteiger partial charge in [-0.3, -0.25) is 14.4 Å². The van der Waals surface area contributed by atoms with E-state index in [1.807, 2.05) is 115 Å². The Morgan fingerprint density at radius 2 is 0.595 bits per heavy atom. The summed E-state index contributed by atoms with van der Waals surface area (Å²) in [5.74, 6) is -1.25. The number of carbonyl (C=O) groups is 4. The lowest BCUT2D eigenvalue weighted by atomic mass is 10.0. The molecule has 0 aliphatic carbocycles. The van der Waals surface area contributed by atoms with Gasteiger partial charge in [0.25, 0.3) is 11.8 Å². The van der Waals surface area contributed by atoms with E-state index in [1.165, 1.54) is 33.4 Å². The third kappa shape index (κ3) is 27.5. The predicted molar refractivity (Wildman–Crippen MR) is 585 cm³/mol. The molecule has 11 heterocycles. The minimum absolute atomic E-state index is 0. The van der Waals surface area contributed by atoms with Crippen molar-refractivity contribution in [2.24, 2.45) is 5.73 Å². The second-order valence-corrected chi connectivity index (χ2v) is 44.7.